The largest absolute Gasteiger partial charge is 0.489 e. The number of alkyl halides is 6. The molecule has 3 atom stereocenters. The molecule has 0 aliphatic heterocycles. The quantitative estimate of drug-likeness (QED) is 0.447. The SMILES string of the molecule is CC(C(=O)O)C1CCCC(c2cccc(OCc3cc(C(F)(F)F)cc(C(F)(F)F)c3)c2)C1. The first-order valence-corrected chi connectivity index (χ1v) is 10.6. The summed E-state index contributed by atoms with van der Waals surface area (Å²) < 4.78 is 83.9. The van der Waals surface area contributed by atoms with Gasteiger partial charge in [-0.25, -0.2) is 0 Å². The first-order valence-electron chi connectivity index (χ1n) is 10.6. The minimum absolute atomic E-state index is 0.0386. The van der Waals surface area contributed by atoms with Crippen LogP contribution in [0, 0.1) is 11.8 Å². The second kappa shape index (κ2) is 9.65. The van der Waals surface area contributed by atoms with E-state index < -0.39 is 42.0 Å². The molecule has 2 aromatic rings. The van der Waals surface area contributed by atoms with E-state index in [1.54, 1.807) is 25.1 Å². The zero-order chi connectivity index (χ0) is 24.4. The van der Waals surface area contributed by atoms with Crippen LogP contribution in [0.15, 0.2) is 42.5 Å². The summed E-state index contributed by atoms with van der Waals surface area (Å²) in [5.41, 5.74) is -2.10. The van der Waals surface area contributed by atoms with E-state index in [0.29, 0.717) is 24.3 Å². The maximum absolute atomic E-state index is 13.1. The van der Waals surface area contributed by atoms with Gasteiger partial charge in [-0.2, -0.15) is 26.3 Å². The van der Waals surface area contributed by atoms with Crippen LogP contribution in [0.3, 0.4) is 0 Å². The third-order valence-electron chi connectivity index (χ3n) is 6.19. The number of carbonyl (C=O) groups is 1. The van der Waals surface area contributed by atoms with Crippen LogP contribution in [0.5, 0.6) is 5.75 Å². The van der Waals surface area contributed by atoms with Gasteiger partial charge < -0.3 is 9.84 Å². The van der Waals surface area contributed by atoms with Crippen LogP contribution in [-0.4, -0.2) is 11.1 Å². The molecule has 0 bridgehead atoms. The first-order chi connectivity index (χ1) is 15.3. The minimum atomic E-state index is -4.92. The highest BCUT2D eigenvalue weighted by Crippen LogP contribution is 2.40. The van der Waals surface area contributed by atoms with E-state index in [1.165, 1.54) is 0 Å². The van der Waals surface area contributed by atoms with Crippen molar-refractivity contribution in [3.8, 4) is 5.75 Å². The average molecular weight is 474 g/mol. The Hall–Kier alpha value is -2.71. The molecule has 33 heavy (non-hydrogen) atoms. The molecule has 1 aliphatic rings. The predicted octanol–water partition coefficient (Wildman–Crippen LogP) is 7.30. The van der Waals surface area contributed by atoms with Gasteiger partial charge in [0.1, 0.15) is 12.4 Å². The fourth-order valence-corrected chi connectivity index (χ4v) is 4.31. The van der Waals surface area contributed by atoms with Gasteiger partial charge in [0.2, 0.25) is 0 Å². The van der Waals surface area contributed by atoms with Crippen molar-refractivity contribution in [3.05, 3.63) is 64.7 Å². The van der Waals surface area contributed by atoms with Crippen molar-refractivity contribution in [2.75, 3.05) is 0 Å². The Morgan fingerprint density at radius 2 is 1.67 bits per heavy atom. The van der Waals surface area contributed by atoms with E-state index in [1.807, 2.05) is 6.07 Å². The molecule has 1 fully saturated rings. The van der Waals surface area contributed by atoms with Crippen LogP contribution in [0.2, 0.25) is 0 Å². The summed E-state index contributed by atoms with van der Waals surface area (Å²) in [6, 6.07) is 8.27. The van der Waals surface area contributed by atoms with Gasteiger partial charge >= 0.3 is 18.3 Å². The van der Waals surface area contributed by atoms with Crippen LogP contribution >= 0.6 is 0 Å². The van der Waals surface area contributed by atoms with E-state index in [0.717, 1.165) is 24.8 Å². The van der Waals surface area contributed by atoms with Gasteiger partial charge in [0, 0.05) is 0 Å². The van der Waals surface area contributed by atoms with Crippen LogP contribution in [0.1, 0.15) is 60.8 Å². The molecule has 1 aliphatic carbocycles. The molecule has 3 nitrogen and oxygen atoms in total. The van der Waals surface area contributed by atoms with Gasteiger partial charge in [-0.05, 0) is 72.6 Å². The highest BCUT2D eigenvalue weighted by molar-refractivity contribution is 5.69. The van der Waals surface area contributed by atoms with Gasteiger partial charge in [-0.1, -0.05) is 25.5 Å². The van der Waals surface area contributed by atoms with E-state index in [9.17, 15) is 36.2 Å². The molecule has 0 spiro atoms. The Balaban J connectivity index is 1.76. The molecule has 2 aromatic carbocycles. The normalized spacial score (nSPS) is 20.3. The highest BCUT2D eigenvalue weighted by Gasteiger charge is 2.37. The Kier molecular flexibility index (Phi) is 7.29. The second-order valence-corrected chi connectivity index (χ2v) is 8.53. The maximum Gasteiger partial charge on any atom is 0.416 e. The topological polar surface area (TPSA) is 46.5 Å². The standard InChI is InChI=1S/C24H24F6O3/c1-14(22(31)32)16-4-2-5-17(10-16)18-6-3-7-21(11-18)33-13-15-8-19(23(25,26)27)12-20(9-15)24(28,29)30/h3,6-9,11-12,14,16-17H,2,4-5,10,13H2,1H3,(H,31,32). The third kappa shape index (κ3) is 6.42. The molecule has 0 saturated heterocycles. The Labute approximate surface area is 187 Å². The molecule has 3 rings (SSSR count). The number of benzene rings is 2. The lowest BCUT2D eigenvalue weighted by Gasteiger charge is -2.31. The van der Waals surface area contributed by atoms with Crippen molar-refractivity contribution in [3.63, 3.8) is 0 Å². The monoisotopic (exact) mass is 474 g/mol. The van der Waals surface area contributed by atoms with E-state index >= 15 is 0 Å². The number of carboxylic acid groups (broad SMARTS) is 1. The van der Waals surface area contributed by atoms with Crippen molar-refractivity contribution < 1.29 is 41.0 Å². The molecule has 9 heteroatoms. The summed E-state index contributed by atoms with van der Waals surface area (Å²) in [4.78, 5) is 11.3. The van der Waals surface area contributed by atoms with Crippen molar-refractivity contribution in [2.45, 2.75) is 57.5 Å². The summed E-state index contributed by atoms with van der Waals surface area (Å²) in [6.45, 7) is 1.24. The van der Waals surface area contributed by atoms with Crippen LogP contribution in [-0.2, 0) is 23.8 Å². The van der Waals surface area contributed by atoms with Gasteiger partial charge in [0.15, 0.2) is 0 Å². The summed E-state index contributed by atoms with van der Waals surface area (Å²) in [5, 5.41) is 9.29. The molecular weight excluding hydrogens is 450 g/mol. The zero-order valence-electron chi connectivity index (χ0n) is 17.8. The molecule has 0 radical (unpaired) electrons. The number of ether oxygens (including phenoxy) is 1. The Morgan fingerprint density at radius 3 is 2.24 bits per heavy atom. The van der Waals surface area contributed by atoms with Crippen molar-refractivity contribution >= 4 is 5.97 Å². The fraction of sp³-hybridized carbons (Fsp3) is 0.458. The Bertz CT molecular complexity index is 951. The van der Waals surface area contributed by atoms with Crippen LogP contribution in [0.25, 0.3) is 0 Å². The summed E-state index contributed by atoms with van der Waals surface area (Å²) >= 11 is 0. The summed E-state index contributed by atoms with van der Waals surface area (Å²) in [5.74, 6) is -0.823. The van der Waals surface area contributed by atoms with E-state index in [4.69, 9.17) is 4.74 Å². The number of aliphatic carboxylic acids is 1. The van der Waals surface area contributed by atoms with Crippen molar-refractivity contribution in [1.29, 1.82) is 0 Å². The first kappa shape index (κ1) is 24.9. The van der Waals surface area contributed by atoms with Gasteiger partial charge in [0.05, 0.1) is 17.0 Å². The molecule has 1 saturated carbocycles. The zero-order valence-corrected chi connectivity index (χ0v) is 17.8. The number of halogens is 6. The summed E-state index contributed by atoms with van der Waals surface area (Å²) in [6.07, 6.45) is -6.56. The molecule has 0 heterocycles. The molecular formula is C24H24F6O3. The molecule has 180 valence electrons. The maximum atomic E-state index is 13.1. The number of rotatable bonds is 6. The number of hydrogen-bond donors (Lipinski definition) is 1. The van der Waals surface area contributed by atoms with Gasteiger partial charge in [-0.15, -0.1) is 0 Å². The number of hydrogen-bond acceptors (Lipinski definition) is 2. The third-order valence-corrected chi connectivity index (χ3v) is 6.19. The smallest absolute Gasteiger partial charge is 0.416 e. The van der Waals surface area contributed by atoms with E-state index in [2.05, 4.69) is 0 Å². The molecule has 0 amide bonds. The van der Waals surface area contributed by atoms with Gasteiger partial charge in [-0.3, -0.25) is 4.79 Å². The van der Waals surface area contributed by atoms with Crippen LogP contribution < -0.4 is 4.74 Å². The summed E-state index contributed by atoms with van der Waals surface area (Å²) in [7, 11) is 0. The molecule has 1 N–H and O–H groups in total. The number of carboxylic acids is 1. The van der Waals surface area contributed by atoms with Crippen molar-refractivity contribution in [2.24, 2.45) is 11.8 Å². The lowest BCUT2D eigenvalue weighted by Crippen LogP contribution is -2.25. The highest BCUT2D eigenvalue weighted by atomic mass is 19.4. The van der Waals surface area contributed by atoms with E-state index in [-0.39, 0.29) is 23.5 Å². The van der Waals surface area contributed by atoms with Crippen molar-refractivity contribution in [1.82, 2.24) is 0 Å². The lowest BCUT2D eigenvalue weighted by molar-refractivity contribution is -0.144. The second-order valence-electron chi connectivity index (χ2n) is 8.53. The average Bonchev–Trinajstić information content (AvgIpc) is 2.76. The molecule has 0 aromatic heterocycles. The minimum Gasteiger partial charge on any atom is -0.489 e. The Morgan fingerprint density at radius 1 is 1.03 bits per heavy atom. The van der Waals surface area contributed by atoms with Gasteiger partial charge in [0.25, 0.3) is 0 Å². The fourth-order valence-electron chi connectivity index (χ4n) is 4.31. The van der Waals surface area contributed by atoms with Crippen LogP contribution in [0.4, 0.5) is 26.3 Å². The predicted molar refractivity (Wildman–Crippen MR) is 109 cm³/mol. The lowest BCUT2D eigenvalue weighted by atomic mass is 9.73. The molecule has 3 unspecified atom stereocenters.